The molecule has 2 aliphatic rings. The quantitative estimate of drug-likeness (QED) is 0.781. The minimum absolute atomic E-state index is 0.0132. The van der Waals surface area contributed by atoms with Crippen molar-refractivity contribution in [1.29, 1.82) is 0 Å². The fourth-order valence-corrected chi connectivity index (χ4v) is 4.57. The molecule has 0 N–H and O–H groups in total. The number of piperidine rings is 1. The van der Waals surface area contributed by atoms with Gasteiger partial charge in [-0.3, -0.25) is 4.79 Å². The van der Waals surface area contributed by atoms with Crippen molar-refractivity contribution in [2.45, 2.75) is 77.8 Å². The van der Waals surface area contributed by atoms with Crippen LogP contribution in [0.3, 0.4) is 0 Å². The van der Waals surface area contributed by atoms with Crippen molar-refractivity contribution in [3.63, 3.8) is 0 Å². The van der Waals surface area contributed by atoms with E-state index in [-0.39, 0.29) is 5.92 Å². The molecule has 0 aromatic carbocycles. The Morgan fingerprint density at radius 3 is 2.62 bits per heavy atom. The lowest BCUT2D eigenvalue weighted by molar-refractivity contribution is -0.139. The summed E-state index contributed by atoms with van der Waals surface area (Å²) in [5.74, 6) is 1.42. The molecule has 3 rings (SSSR count). The number of hydrogen-bond donors (Lipinski definition) is 0. The summed E-state index contributed by atoms with van der Waals surface area (Å²) in [5, 5.41) is 0. The van der Waals surface area contributed by atoms with Gasteiger partial charge in [0.2, 0.25) is 5.91 Å². The number of imidazole rings is 1. The number of carbonyl (C=O) groups excluding carboxylic acids is 1. The summed E-state index contributed by atoms with van der Waals surface area (Å²) in [6.45, 7) is 9.38. The van der Waals surface area contributed by atoms with Gasteiger partial charge in [-0.2, -0.15) is 0 Å². The van der Waals surface area contributed by atoms with Gasteiger partial charge in [-0.15, -0.1) is 0 Å². The van der Waals surface area contributed by atoms with Crippen molar-refractivity contribution in [3.8, 4) is 0 Å². The first-order valence-corrected chi connectivity index (χ1v) is 10.7. The van der Waals surface area contributed by atoms with Crippen LogP contribution in [-0.4, -0.2) is 57.5 Å². The molecule has 2 aliphatic heterocycles. The van der Waals surface area contributed by atoms with Crippen molar-refractivity contribution in [2.75, 3.05) is 26.2 Å². The highest BCUT2D eigenvalue weighted by molar-refractivity contribution is 5.79. The third-order valence-corrected chi connectivity index (χ3v) is 6.09. The van der Waals surface area contributed by atoms with Crippen molar-refractivity contribution in [2.24, 2.45) is 5.92 Å². The van der Waals surface area contributed by atoms with Gasteiger partial charge < -0.3 is 14.4 Å². The van der Waals surface area contributed by atoms with Crippen LogP contribution in [0.4, 0.5) is 0 Å². The van der Waals surface area contributed by atoms with E-state index in [1.807, 2.05) is 12.4 Å². The predicted octanol–water partition coefficient (Wildman–Crippen LogP) is 3.34. The highest BCUT2D eigenvalue weighted by atomic mass is 16.2. The lowest BCUT2D eigenvalue weighted by atomic mass is 9.98. The molecular formula is C21H36N4O. The van der Waals surface area contributed by atoms with Crippen LogP contribution >= 0.6 is 0 Å². The Bertz CT molecular complexity index is 562. The Balaban J connectivity index is 1.61. The second kappa shape index (κ2) is 9.54. The van der Waals surface area contributed by atoms with E-state index in [4.69, 9.17) is 0 Å². The standard InChI is InChI=1S/C21H36N4O/c1-3-20-22-11-15-24(20)16-18(2)21(26)25-14-9-6-10-19(25)17-23-12-7-4-5-8-13-23/h11,15,18-19H,3-10,12-14,16-17H2,1-2H3/t18-,19-/m0/s1. The molecule has 0 radical (unpaired) electrons. The van der Waals surface area contributed by atoms with Crippen LogP contribution < -0.4 is 0 Å². The first-order valence-electron chi connectivity index (χ1n) is 10.7. The number of nitrogens with zero attached hydrogens (tertiary/aromatic N) is 4. The van der Waals surface area contributed by atoms with Gasteiger partial charge in [0.05, 0.1) is 5.92 Å². The van der Waals surface area contributed by atoms with Gasteiger partial charge in [0.25, 0.3) is 0 Å². The predicted molar refractivity (Wildman–Crippen MR) is 105 cm³/mol. The maximum Gasteiger partial charge on any atom is 0.227 e. The van der Waals surface area contributed by atoms with Crippen LogP contribution in [0.2, 0.25) is 0 Å². The number of likely N-dealkylation sites (tertiary alicyclic amines) is 2. The second-order valence-electron chi connectivity index (χ2n) is 8.15. The van der Waals surface area contributed by atoms with Gasteiger partial charge in [-0.25, -0.2) is 4.98 Å². The summed E-state index contributed by atoms with van der Waals surface area (Å²) in [6, 6.07) is 0.408. The molecule has 2 fully saturated rings. The Morgan fingerprint density at radius 2 is 1.88 bits per heavy atom. The van der Waals surface area contributed by atoms with Gasteiger partial charge in [0.1, 0.15) is 5.82 Å². The summed E-state index contributed by atoms with van der Waals surface area (Å²) in [5.41, 5.74) is 0. The Hall–Kier alpha value is -1.36. The van der Waals surface area contributed by atoms with Gasteiger partial charge in [0, 0.05) is 44.5 Å². The molecule has 146 valence electrons. The highest BCUT2D eigenvalue weighted by Gasteiger charge is 2.31. The number of hydrogen-bond acceptors (Lipinski definition) is 3. The number of aryl methyl sites for hydroxylation is 1. The minimum atomic E-state index is 0.0132. The fraction of sp³-hybridized carbons (Fsp3) is 0.810. The van der Waals surface area contributed by atoms with Gasteiger partial charge in [0.15, 0.2) is 0 Å². The van der Waals surface area contributed by atoms with Crippen LogP contribution in [0, 0.1) is 5.92 Å². The van der Waals surface area contributed by atoms with E-state index in [1.54, 1.807) is 0 Å². The molecule has 5 heteroatoms. The van der Waals surface area contributed by atoms with Crippen LogP contribution in [0.25, 0.3) is 0 Å². The summed E-state index contributed by atoms with van der Waals surface area (Å²) in [7, 11) is 0. The lowest BCUT2D eigenvalue weighted by Gasteiger charge is -2.40. The van der Waals surface area contributed by atoms with E-state index in [0.29, 0.717) is 11.9 Å². The van der Waals surface area contributed by atoms with Crippen LogP contribution in [0.5, 0.6) is 0 Å². The second-order valence-corrected chi connectivity index (χ2v) is 8.15. The molecule has 2 atom stereocenters. The molecule has 0 unspecified atom stereocenters. The maximum atomic E-state index is 13.2. The van der Waals surface area contributed by atoms with Crippen molar-refractivity contribution < 1.29 is 4.79 Å². The molecule has 1 aromatic rings. The van der Waals surface area contributed by atoms with Gasteiger partial charge in [-0.05, 0) is 45.2 Å². The largest absolute Gasteiger partial charge is 0.338 e. The Labute approximate surface area is 158 Å². The first-order chi connectivity index (χ1) is 12.7. The third-order valence-electron chi connectivity index (χ3n) is 6.09. The molecular weight excluding hydrogens is 324 g/mol. The number of aromatic nitrogens is 2. The molecule has 2 saturated heterocycles. The third kappa shape index (κ3) is 4.87. The lowest BCUT2D eigenvalue weighted by Crippen LogP contribution is -2.51. The summed E-state index contributed by atoms with van der Waals surface area (Å²) in [6.07, 6.45) is 13.7. The summed E-state index contributed by atoms with van der Waals surface area (Å²) in [4.78, 5) is 22.4. The van der Waals surface area contributed by atoms with Crippen LogP contribution in [-0.2, 0) is 17.8 Å². The molecule has 1 aromatic heterocycles. The molecule has 5 nitrogen and oxygen atoms in total. The number of carbonyl (C=O) groups is 1. The topological polar surface area (TPSA) is 41.4 Å². The normalized spacial score (nSPS) is 23.6. The zero-order chi connectivity index (χ0) is 18.4. The van der Waals surface area contributed by atoms with E-state index < -0.39 is 0 Å². The van der Waals surface area contributed by atoms with Crippen LogP contribution in [0.15, 0.2) is 12.4 Å². The SMILES string of the molecule is CCc1nccn1C[C@H](C)C(=O)N1CCCC[C@H]1CN1CCCCCC1. The fourth-order valence-electron chi connectivity index (χ4n) is 4.57. The Kier molecular flexibility index (Phi) is 7.12. The molecule has 0 aliphatic carbocycles. The average Bonchev–Trinajstić information content (AvgIpc) is 2.95. The van der Waals surface area contributed by atoms with Gasteiger partial charge >= 0.3 is 0 Å². The van der Waals surface area contributed by atoms with Crippen molar-refractivity contribution in [1.82, 2.24) is 19.4 Å². The smallest absolute Gasteiger partial charge is 0.227 e. The summed E-state index contributed by atoms with van der Waals surface area (Å²) < 4.78 is 2.15. The summed E-state index contributed by atoms with van der Waals surface area (Å²) >= 11 is 0. The van der Waals surface area contributed by atoms with E-state index in [2.05, 4.69) is 33.2 Å². The Morgan fingerprint density at radius 1 is 1.15 bits per heavy atom. The van der Waals surface area contributed by atoms with Crippen LogP contribution in [0.1, 0.15) is 64.6 Å². The molecule has 0 spiro atoms. The van der Waals surface area contributed by atoms with Crippen molar-refractivity contribution in [3.05, 3.63) is 18.2 Å². The first kappa shape index (κ1) is 19.4. The van der Waals surface area contributed by atoms with E-state index in [9.17, 15) is 4.79 Å². The van der Waals surface area contributed by atoms with E-state index >= 15 is 0 Å². The number of amides is 1. The highest BCUT2D eigenvalue weighted by Crippen LogP contribution is 2.22. The molecule has 26 heavy (non-hydrogen) atoms. The number of rotatable bonds is 6. The molecule has 1 amide bonds. The minimum Gasteiger partial charge on any atom is -0.338 e. The molecule has 0 saturated carbocycles. The maximum absolute atomic E-state index is 13.2. The van der Waals surface area contributed by atoms with Gasteiger partial charge in [-0.1, -0.05) is 26.7 Å². The zero-order valence-electron chi connectivity index (χ0n) is 16.7. The van der Waals surface area contributed by atoms with E-state index in [1.165, 1.54) is 51.6 Å². The average molecular weight is 361 g/mol. The monoisotopic (exact) mass is 360 g/mol. The van der Waals surface area contributed by atoms with Crippen molar-refractivity contribution >= 4 is 5.91 Å². The zero-order valence-corrected chi connectivity index (χ0v) is 16.7. The molecule has 3 heterocycles. The van der Waals surface area contributed by atoms with E-state index in [0.717, 1.165) is 38.3 Å². The molecule has 0 bridgehead atoms.